The Labute approximate surface area is 724 Å². The maximum atomic E-state index is 9.02. The Balaban J connectivity index is 0.000000646. The Morgan fingerprint density at radius 3 is 1.12 bits per heavy atom. The smallest absolute Gasteiger partial charge is 0.0945 e. The highest BCUT2D eigenvalue weighted by Gasteiger charge is 2.25. The number of aliphatic hydroxyl groups is 1. The number of imidazole rings is 1. The summed E-state index contributed by atoms with van der Waals surface area (Å²) in [5.74, 6) is 7.54. The maximum Gasteiger partial charge on any atom is 0.0945 e. The van der Waals surface area contributed by atoms with Crippen molar-refractivity contribution < 1.29 is 19.3 Å². The molecule has 0 radical (unpaired) electrons. The van der Waals surface area contributed by atoms with Crippen LogP contribution in [-0.2, 0) is 20.8 Å². The van der Waals surface area contributed by atoms with Gasteiger partial charge in [0.1, 0.15) is 0 Å². The highest BCUT2D eigenvalue weighted by atomic mass is 16.5. The zero-order chi connectivity index (χ0) is 86.8. The van der Waals surface area contributed by atoms with Crippen LogP contribution in [0.2, 0.25) is 0 Å². The van der Waals surface area contributed by atoms with Gasteiger partial charge < -0.3 is 63.5 Å². The number of hydrogen-bond donors (Lipinski definition) is 2. The molecule has 0 saturated carbocycles. The first-order chi connectivity index (χ1) is 54.7. The molecule has 0 aromatic carbocycles. The predicted octanol–water partition coefficient (Wildman–Crippen LogP) is 18.8. The zero-order valence-corrected chi connectivity index (χ0v) is 83.1. The van der Waals surface area contributed by atoms with Crippen LogP contribution in [0.3, 0.4) is 0 Å². The Morgan fingerprint density at radius 2 is 0.741 bits per heavy atom. The minimum Gasteiger partial charge on any atom is -0.396 e. The number of likely N-dealkylation sites (N-methyl/N-ethyl adjacent to an activating group) is 2. The van der Waals surface area contributed by atoms with Gasteiger partial charge in [0.15, 0.2) is 0 Å². The normalized spacial score (nSPS) is 20.7. The summed E-state index contributed by atoms with van der Waals surface area (Å²) in [5, 5.41) is 12.4. The number of aryl methyl sites for hydroxylation is 1. The second-order valence-corrected chi connectivity index (χ2v) is 43.8. The number of likely N-dealkylation sites (tertiary alicyclic amines) is 3. The number of piperidine rings is 4. The molecule has 9 aliphatic rings. The minimum absolute atomic E-state index is 0.382. The lowest BCUT2D eigenvalue weighted by molar-refractivity contribution is 0.0328. The molecule has 10 rings (SSSR count). The first-order valence-corrected chi connectivity index (χ1v) is 48.9. The van der Waals surface area contributed by atoms with E-state index in [9.17, 15) is 0 Å². The number of aromatic nitrogens is 2. The average molecular weight is 1640 g/mol. The van der Waals surface area contributed by atoms with Crippen molar-refractivity contribution in [2.24, 2.45) is 74.9 Å². The highest BCUT2D eigenvalue weighted by molar-refractivity contribution is 4.80. The van der Waals surface area contributed by atoms with Gasteiger partial charge in [0, 0.05) is 130 Å². The molecule has 0 aliphatic carbocycles. The number of ether oxygens (including phenoxy) is 3. The van der Waals surface area contributed by atoms with Crippen LogP contribution in [0.15, 0.2) is 18.7 Å². The van der Waals surface area contributed by atoms with Gasteiger partial charge in [-0.2, -0.15) is 0 Å². The molecule has 692 valence electrons. The molecule has 1 aromatic rings. The topological polar surface area (TPSA) is 110 Å². The molecule has 0 spiro atoms. The summed E-state index contributed by atoms with van der Waals surface area (Å²) in [4.78, 5) is 29.1. The van der Waals surface area contributed by atoms with Crippen molar-refractivity contribution >= 4 is 0 Å². The van der Waals surface area contributed by atoms with E-state index in [1.54, 1.807) is 0 Å². The van der Waals surface area contributed by atoms with E-state index in [1.807, 2.05) is 18.7 Å². The van der Waals surface area contributed by atoms with Crippen molar-refractivity contribution in [2.75, 3.05) is 257 Å². The third-order valence-electron chi connectivity index (χ3n) is 23.8. The van der Waals surface area contributed by atoms with E-state index in [-0.39, 0.29) is 0 Å². The first-order valence-electron chi connectivity index (χ1n) is 48.9. The minimum atomic E-state index is 0.382. The Hall–Kier alpha value is -1.39. The number of rotatable bonds is 25. The van der Waals surface area contributed by atoms with E-state index >= 15 is 0 Å². The van der Waals surface area contributed by atoms with Gasteiger partial charge in [-0.3, -0.25) is 14.7 Å². The summed E-state index contributed by atoms with van der Waals surface area (Å²) in [6.45, 7) is 102. The summed E-state index contributed by atoms with van der Waals surface area (Å²) in [7, 11) is 4.41. The highest BCUT2D eigenvalue weighted by Crippen LogP contribution is 2.31. The summed E-state index contributed by atoms with van der Waals surface area (Å²) in [5.41, 5.74) is 1.98. The molecule has 1 aromatic heterocycles. The van der Waals surface area contributed by atoms with Gasteiger partial charge in [-0.25, -0.2) is 4.98 Å². The molecule has 2 N–H and O–H groups in total. The van der Waals surface area contributed by atoms with Crippen molar-refractivity contribution in [3.63, 3.8) is 0 Å². The summed E-state index contributed by atoms with van der Waals surface area (Å²) < 4.78 is 17.9. The van der Waals surface area contributed by atoms with Crippen LogP contribution >= 0.6 is 0 Å². The molecule has 17 nitrogen and oxygen atoms in total. The van der Waals surface area contributed by atoms with E-state index in [0.717, 1.165) is 133 Å². The maximum absolute atomic E-state index is 9.02. The third-order valence-corrected chi connectivity index (χ3v) is 23.8. The lowest BCUT2D eigenvalue weighted by Gasteiger charge is -2.34. The summed E-state index contributed by atoms with van der Waals surface area (Å²) in [6.07, 6.45) is 30.0. The molecule has 0 amide bonds. The lowest BCUT2D eigenvalue weighted by Crippen LogP contribution is -2.45. The number of nitrogens with zero attached hydrogens (tertiary/aromatic N) is 12. The molecular weight excluding hydrogens is 1440 g/mol. The van der Waals surface area contributed by atoms with Crippen LogP contribution in [-0.4, -0.2) is 320 Å². The number of nitrogens with one attached hydrogen (secondary N) is 1. The lowest BCUT2D eigenvalue weighted by atomic mass is 9.80. The van der Waals surface area contributed by atoms with Gasteiger partial charge in [0.05, 0.1) is 46.0 Å². The van der Waals surface area contributed by atoms with Crippen LogP contribution in [0.1, 0.15) is 289 Å². The second-order valence-electron chi connectivity index (χ2n) is 43.8. The van der Waals surface area contributed by atoms with Crippen LogP contribution < -0.4 is 5.32 Å². The van der Waals surface area contributed by atoms with Crippen LogP contribution in [0.5, 0.6) is 0 Å². The Bertz CT molecular complexity index is 2210. The van der Waals surface area contributed by atoms with Gasteiger partial charge >= 0.3 is 0 Å². The monoisotopic (exact) mass is 1640 g/mol. The van der Waals surface area contributed by atoms with Crippen molar-refractivity contribution in [1.29, 1.82) is 0 Å². The van der Waals surface area contributed by atoms with Crippen molar-refractivity contribution in [3.05, 3.63) is 18.7 Å². The van der Waals surface area contributed by atoms with Gasteiger partial charge in [-0.1, -0.05) is 180 Å². The van der Waals surface area contributed by atoms with Crippen LogP contribution in [0, 0.1) is 74.9 Å². The molecule has 17 heteroatoms. The van der Waals surface area contributed by atoms with E-state index < -0.39 is 0 Å². The van der Waals surface area contributed by atoms with E-state index in [1.165, 1.54) is 273 Å². The molecular formula is C99H207N13O4. The third kappa shape index (κ3) is 70.9. The number of aliphatic hydroxyl groups excluding tert-OH is 1. The van der Waals surface area contributed by atoms with Crippen LogP contribution in [0.4, 0.5) is 0 Å². The van der Waals surface area contributed by atoms with Crippen molar-refractivity contribution in [3.8, 4) is 0 Å². The number of hydrogen-bond acceptors (Lipinski definition) is 16. The molecule has 9 saturated heterocycles. The quantitative estimate of drug-likeness (QED) is 0.0968. The van der Waals surface area contributed by atoms with E-state index in [4.69, 9.17) is 19.3 Å². The fourth-order valence-electron chi connectivity index (χ4n) is 15.8. The molecule has 0 unspecified atom stereocenters. The summed E-state index contributed by atoms with van der Waals surface area (Å²) in [6, 6.07) is 0. The van der Waals surface area contributed by atoms with E-state index in [0.29, 0.717) is 34.2 Å². The largest absolute Gasteiger partial charge is 0.396 e. The molecule has 0 atom stereocenters. The van der Waals surface area contributed by atoms with E-state index in [2.05, 4.69) is 251 Å². The van der Waals surface area contributed by atoms with Gasteiger partial charge in [0.2, 0.25) is 0 Å². The number of piperazine rings is 2. The first kappa shape index (κ1) is 113. The van der Waals surface area contributed by atoms with Gasteiger partial charge in [-0.05, 0) is 290 Å². The predicted molar refractivity (Wildman–Crippen MR) is 507 cm³/mol. The number of morpholine rings is 3. The molecule has 116 heavy (non-hydrogen) atoms. The fourth-order valence-corrected chi connectivity index (χ4v) is 15.8. The molecule has 0 bridgehead atoms. The average Bonchev–Trinajstić information content (AvgIpc) is 0.986. The Kier molecular flexibility index (Phi) is 65.1. The van der Waals surface area contributed by atoms with Crippen molar-refractivity contribution in [2.45, 2.75) is 295 Å². The molecule has 10 heterocycles. The van der Waals surface area contributed by atoms with Gasteiger partial charge in [0.25, 0.3) is 0 Å². The second kappa shape index (κ2) is 67.0. The van der Waals surface area contributed by atoms with Gasteiger partial charge in [-0.15, -0.1) is 0 Å². The standard InChI is InChI=1S/C12H25NO.C12H25N.C11H23NO.C11H23N.C10H22N2.C9H20N2.C9H19NO.C9H19N.C8H14N2.C8H17NO/c1-12(2,3)6-9-13-7-4-11(10-14)5-8-13;1-5-13-8-6-11(7-9-13)10-12(2,3)4;1-11(2,3)5-4-6-12-7-9-13-10-8-12;1-11(2,3)7-10-12-8-5-4-6-9-12;1-10(2)4-5-12-8-6-11(3)7-9-12;1-9(2)8-11-6-4-10(3)5-7-11;1-9(2)3-4-10-5-7-11-8-6-10;1-8(2)7-9-3-5-10-6-4-9;1-8(2)3-5-10-6-4-9-7-10;1-8(2)7-9-3-5-10-6-4-9/h11,14H,4-10H2,1-3H3;11H,5-10H2,1-4H3;4-10H2,1-3H3;4-10H2,1-3H3;10H,4-9H2,1-3H3;9H,4-8H2,1-3H3;9H,3-8H2,1-2H3;8-10H,3-7H2,1-2H3;4,6-8H,3,5H2,1-2H3;8H,3-7H2,1-2H3. The Morgan fingerprint density at radius 1 is 0.371 bits per heavy atom. The summed E-state index contributed by atoms with van der Waals surface area (Å²) >= 11 is 0. The van der Waals surface area contributed by atoms with Crippen LogP contribution in [0.25, 0.3) is 0 Å². The zero-order valence-electron chi connectivity index (χ0n) is 83.1. The van der Waals surface area contributed by atoms with Crippen molar-refractivity contribution in [1.82, 2.24) is 63.9 Å². The fraction of sp³-hybridized carbons (Fsp3) is 0.970. The molecule has 9 aliphatic heterocycles. The SMILES string of the molecule is CC(C)(C)CCCN1CCOCC1.CC(C)(C)CCN1CCC(CO)CC1.CC(C)(C)CCN1CCCCC1.CC(C)CC1CCNCC1.CC(C)CCN1CCN(C)CC1.CC(C)CCN1CCOCC1.CC(C)CCn1ccnc1.CC(C)CN1CCN(C)CC1.CC(C)CN1CCOCC1.CCN1CCC(CC(C)(C)C)CC1. The molecule has 9 fully saturated rings.